The van der Waals surface area contributed by atoms with Crippen molar-refractivity contribution < 1.29 is 53.6 Å². The first-order chi connectivity index (χ1) is 66.5. The Morgan fingerprint density at radius 1 is 0.343 bits per heavy atom. The maximum Gasteiger partial charge on any atom is 0.407 e. The number of ether oxygens (including phenoxy) is 1. The van der Waals surface area contributed by atoms with Gasteiger partial charge in [0.05, 0.1) is 13.2 Å². The molecule has 9 N–H and O–H groups in total. The topological polar surface area (TPSA) is 302 Å². The number of hydrogen-bond donors (Lipinski definition) is 8. The molecule has 3 aromatic rings. The average molecular weight is 1990 g/mol. The molecule has 4 amide bonds. The number of nitrogens with two attached hydrogens (primary N) is 1. The Balaban J connectivity index is 0.00000103. The van der Waals surface area contributed by atoms with Gasteiger partial charge < -0.3 is 47.1 Å². The molecule has 0 fully saturated rings. The molecule has 0 bridgehead atoms. The molecule has 3 heterocycles. The summed E-state index contributed by atoms with van der Waals surface area (Å²) in [4.78, 5) is 99.1. The molecule has 0 radical (unpaired) electrons. The van der Waals surface area contributed by atoms with Crippen LogP contribution in [-0.2, 0) is 19.1 Å². The lowest BCUT2D eigenvalue weighted by molar-refractivity contribution is -0.121. The third-order valence-corrected chi connectivity index (χ3v) is 30.8. The number of pyridine rings is 3. The molecule has 3 aromatic heterocycles. The zero-order valence-corrected chi connectivity index (χ0v) is 88.3. The van der Waals surface area contributed by atoms with Gasteiger partial charge in [0.25, 0.3) is 0 Å². The van der Waals surface area contributed by atoms with Crippen molar-refractivity contribution in [3.8, 4) is 0 Å². The van der Waals surface area contributed by atoms with Crippen molar-refractivity contribution >= 4 is 106 Å². The number of hydrogen-bond acceptors (Lipinski definition) is 21. The second kappa shape index (κ2) is 88.8. The number of aliphatic hydroxyl groups is 3. The van der Waals surface area contributed by atoms with Gasteiger partial charge in [0, 0.05) is 163 Å². The minimum atomic E-state index is -1.01. The average Bonchev–Trinajstić information content (AvgIpc) is 0.860. The van der Waals surface area contributed by atoms with E-state index in [1.807, 2.05) is 33.8 Å². The van der Waals surface area contributed by atoms with Gasteiger partial charge in [-0.1, -0.05) is 304 Å². The molecule has 0 saturated carbocycles. The summed E-state index contributed by atoms with van der Waals surface area (Å²) in [6.45, 7) is 20.1. The first-order valence-corrected chi connectivity index (χ1v) is 55.7. The van der Waals surface area contributed by atoms with E-state index in [9.17, 15) is 48.9 Å². The molecule has 137 heavy (non-hydrogen) atoms. The van der Waals surface area contributed by atoms with E-state index >= 15 is 0 Å². The summed E-state index contributed by atoms with van der Waals surface area (Å²) in [6.07, 6.45) is 108. The van der Waals surface area contributed by atoms with Crippen LogP contribution in [0.25, 0.3) is 0 Å². The van der Waals surface area contributed by atoms with Crippen LogP contribution in [0.1, 0.15) is 267 Å². The smallest absolute Gasteiger partial charge is 0.407 e. The van der Waals surface area contributed by atoms with Gasteiger partial charge >= 0.3 is 6.09 Å². The van der Waals surface area contributed by atoms with Crippen molar-refractivity contribution in [1.29, 1.82) is 0 Å². The highest BCUT2D eigenvalue weighted by Crippen LogP contribution is 2.45. The highest BCUT2D eigenvalue weighted by Gasteiger charge is 2.35. The molecule has 3 rings (SSSR count). The van der Waals surface area contributed by atoms with Crippen molar-refractivity contribution in [2.75, 3.05) is 69.8 Å². The lowest BCUT2D eigenvalue weighted by Crippen LogP contribution is -2.41. The van der Waals surface area contributed by atoms with Crippen LogP contribution in [-0.4, -0.2) is 162 Å². The molecule has 0 unspecified atom stereocenters. The van der Waals surface area contributed by atoms with Crippen LogP contribution >= 0.6 is 64.8 Å². The van der Waals surface area contributed by atoms with Crippen molar-refractivity contribution in [1.82, 2.24) is 36.2 Å². The number of amides is 4. The number of Topliss-reactive ketones (excluding diaryl/α,β-unsaturated/α-hetero) is 3. The number of nitrogens with one attached hydrogen (secondary N) is 4. The van der Waals surface area contributed by atoms with E-state index in [4.69, 9.17) is 10.5 Å². The largest absolute Gasteiger partial charge is 0.441 e. The number of carbonyl (C=O) groups excluding carboxylic acids is 7. The summed E-state index contributed by atoms with van der Waals surface area (Å²) in [6, 6.07) is 10.5. The first-order valence-electron chi connectivity index (χ1n) is 48.7. The van der Waals surface area contributed by atoms with Crippen molar-refractivity contribution in [2.45, 2.75) is 256 Å². The van der Waals surface area contributed by atoms with E-state index in [1.165, 1.54) is 6.20 Å². The molecule has 0 aliphatic carbocycles. The maximum absolute atomic E-state index is 13.0. The second-order valence-electron chi connectivity index (χ2n) is 33.3. The van der Waals surface area contributed by atoms with Gasteiger partial charge in [0.1, 0.15) is 6.10 Å². The van der Waals surface area contributed by atoms with Gasteiger partial charge in [0.15, 0.2) is 17.3 Å². The SMILES string of the molecule is CC/C=C\C/C=C\C/C=C\C/C=C\C/C=C\C/C=C\CCC(=O)NCCSSC(C)(C)[C@@H](CN)CC(=O)c1cccnc1.CC/C=C\C/C=C\C/C=C\C/C=C\C/C=C\C/C=C\CCC(=O)NCCSSC(C)(C)[C@@H](CNC(=O)OC(CO)CO)CC(=O)c1cccnc1.CC/C=C\C/C=C\C/C=C\C/C=C\C/C=C\C/C=C\CCC(=O)NCCSSC(C)(C)[C@@H](CO)CC(=O)c1cccnc1. The number of ketones is 3. The molecular formula is C112H164N8O11S6. The number of allylic oxidation sites excluding steroid dienone is 36. The fourth-order valence-electron chi connectivity index (χ4n) is 12.2. The molecule has 0 aromatic carbocycles. The Bertz CT molecular complexity index is 4070. The molecule has 3 atom stereocenters. The first kappa shape index (κ1) is 126. The molecule has 25 heteroatoms. The van der Waals surface area contributed by atoms with Gasteiger partial charge in [-0.05, 0) is 231 Å². The van der Waals surface area contributed by atoms with Crippen molar-refractivity contribution in [2.24, 2.45) is 23.5 Å². The monoisotopic (exact) mass is 1990 g/mol. The van der Waals surface area contributed by atoms with Gasteiger partial charge in [-0.3, -0.25) is 43.7 Å². The predicted molar refractivity (Wildman–Crippen MR) is 592 cm³/mol. The molecule has 754 valence electrons. The fraction of sp³-hybridized carbons (Fsp3) is 0.482. The van der Waals surface area contributed by atoms with E-state index in [1.54, 1.807) is 132 Å². The third-order valence-electron chi connectivity index (χ3n) is 20.6. The van der Waals surface area contributed by atoms with Crippen LogP contribution in [0, 0.1) is 17.8 Å². The molecule has 0 spiro atoms. The summed E-state index contributed by atoms with van der Waals surface area (Å²) in [5.41, 5.74) is 7.72. The highest BCUT2D eigenvalue weighted by molar-refractivity contribution is 8.77. The normalized spacial score (nSPS) is 13.4. The number of alkyl carbamates (subject to hydrolysis) is 1. The third kappa shape index (κ3) is 74.1. The van der Waals surface area contributed by atoms with Crippen molar-refractivity contribution in [3.05, 3.63) is 309 Å². The van der Waals surface area contributed by atoms with Crippen LogP contribution in [0.5, 0.6) is 0 Å². The Labute approximate surface area is 847 Å². The lowest BCUT2D eigenvalue weighted by Gasteiger charge is -2.33. The van der Waals surface area contributed by atoms with Gasteiger partial charge in [0.2, 0.25) is 17.7 Å². The minimum absolute atomic E-state index is 0.00566. The number of aromatic nitrogens is 3. The van der Waals surface area contributed by atoms with E-state index in [2.05, 4.69) is 283 Å². The van der Waals surface area contributed by atoms with Crippen LogP contribution in [0.4, 0.5) is 4.79 Å². The quantitative estimate of drug-likeness (QED) is 0.0113. The van der Waals surface area contributed by atoms with E-state index < -0.39 is 30.2 Å². The molecule has 0 saturated heterocycles. The predicted octanol–water partition coefficient (Wildman–Crippen LogP) is 26.1. The van der Waals surface area contributed by atoms with Gasteiger partial charge in [-0.15, -0.1) is 0 Å². The van der Waals surface area contributed by atoms with Crippen molar-refractivity contribution in [3.63, 3.8) is 0 Å². The summed E-state index contributed by atoms with van der Waals surface area (Å²) in [5.74, 6) is 1.94. The zero-order chi connectivity index (χ0) is 100. The lowest BCUT2D eigenvalue weighted by atomic mass is 9.88. The van der Waals surface area contributed by atoms with Crippen LogP contribution in [0.2, 0.25) is 0 Å². The van der Waals surface area contributed by atoms with Gasteiger partial charge in [-0.2, -0.15) is 0 Å². The van der Waals surface area contributed by atoms with Crippen LogP contribution in [0.15, 0.2) is 292 Å². The van der Waals surface area contributed by atoms with Crippen LogP contribution < -0.4 is 27.0 Å². The number of carbonyl (C=O) groups is 7. The van der Waals surface area contributed by atoms with Gasteiger partial charge in [-0.25, -0.2) is 4.79 Å². The standard InChI is InChI=1S/C40H59N3O6S2.C36H53N3O2S2.C36H52N2O3S2/c1-4-5-6-7-8-9-10-11-12-13-14-15-16-17-18-19-20-21-22-25-38(47)42-27-28-50-51-40(2,3)35(29-37(46)34-24-23-26-41-30-34)31-43-39(48)49-36(32-44)33-45;1-4-5-6-7-8-9-10-11-12-13-14-15-16-17-18-19-20-21-22-25-35(41)39-27-28-42-43-36(2,3)33(30-37)29-34(40)32-24-23-26-38-31-32;1-4-5-6-7-8-9-10-11-12-13-14-15-16-17-18-19-20-21-22-25-35(41)38-27-28-42-43-36(2,3)33(31-39)29-34(40)32-24-23-26-37-30-32/h5-6,8-9,11-12,14-15,17-18,20-21,23-24,26,30,35-36,44-45H,4,7,10,13,16,19,22,25,27-29,31-33H2,1-3H3,(H,42,47)(H,43,48);5-6,8-9,11-12,14-15,17-18,20-21,23-24,26,31,33H,4,7,10,13,16,19,22,25,27-30,37H2,1-3H3,(H,39,41);5-6,8-9,11-12,14-15,17-18,20-21,23-24,26,30,33,39H,4,7,10,13,16,19,22,25,27-29,31H2,1-3H3,(H,38,41)/b3*6-5-,9-8-,12-11-,15-14-,18-17-,21-20-/t35-;2*33-/m111/s1. The number of rotatable bonds is 76. The Morgan fingerprint density at radius 3 is 0.825 bits per heavy atom. The van der Waals surface area contributed by atoms with Crippen LogP contribution in [0.3, 0.4) is 0 Å². The Morgan fingerprint density at radius 2 is 0.584 bits per heavy atom. The highest BCUT2D eigenvalue weighted by atomic mass is 33.1. The van der Waals surface area contributed by atoms with E-state index in [-0.39, 0.29) is 88.3 Å². The summed E-state index contributed by atoms with van der Waals surface area (Å²) < 4.78 is 4.11. The number of aliphatic hydroxyl groups excluding tert-OH is 3. The zero-order valence-electron chi connectivity index (χ0n) is 83.4. The summed E-state index contributed by atoms with van der Waals surface area (Å²) >= 11 is 0. The molecular weight excluding hydrogens is 1830 g/mol. The molecule has 0 aliphatic rings. The maximum atomic E-state index is 13.0. The second-order valence-corrected chi connectivity index (χ2v) is 42.5. The molecule has 19 nitrogen and oxygen atoms in total. The van der Waals surface area contributed by atoms with E-state index in [0.29, 0.717) is 80.7 Å². The summed E-state index contributed by atoms with van der Waals surface area (Å²) in [7, 11) is 9.93. The Kier molecular flexibility index (Phi) is 81.9. The fourth-order valence-corrected chi connectivity index (χ4v) is 20.2. The molecule has 0 aliphatic heterocycles. The van der Waals surface area contributed by atoms with E-state index in [0.717, 1.165) is 140 Å². The summed E-state index contributed by atoms with van der Waals surface area (Å²) in [5, 5.41) is 39.9. The minimum Gasteiger partial charge on any atom is -0.441 e. The Hall–Kier alpha value is -8.60. The number of nitrogens with zero attached hydrogens (tertiary/aromatic N) is 3.